The minimum absolute atomic E-state index is 0.369. The number of aliphatic hydroxyl groups is 1. The van der Waals surface area contributed by atoms with E-state index in [0.717, 1.165) is 16.6 Å². The summed E-state index contributed by atoms with van der Waals surface area (Å²) in [6, 6.07) is 17.0. The molecule has 0 aliphatic heterocycles. The van der Waals surface area contributed by atoms with Crippen LogP contribution in [0.25, 0.3) is 10.9 Å². The highest BCUT2D eigenvalue weighted by atomic mass is 35.5. The average molecular weight is 318 g/mol. The first kappa shape index (κ1) is 14.3. The fraction of sp³-hybridized carbons (Fsp3) is 0.118. The number of benzene rings is 2. The van der Waals surface area contributed by atoms with Crippen LogP contribution in [-0.2, 0) is 6.42 Å². The summed E-state index contributed by atoms with van der Waals surface area (Å²) in [4.78, 5) is 4.55. The highest BCUT2D eigenvalue weighted by Gasteiger charge is 2.16. The Bertz CT molecular complexity index is 768. The van der Waals surface area contributed by atoms with Gasteiger partial charge in [-0.3, -0.25) is 4.98 Å². The lowest BCUT2D eigenvalue weighted by atomic mass is 10.0. The number of hydrogen-bond acceptors (Lipinski definition) is 2. The van der Waals surface area contributed by atoms with Crippen LogP contribution in [0.3, 0.4) is 0 Å². The molecule has 3 rings (SSSR count). The molecular formula is C17H13Cl2NO. The van der Waals surface area contributed by atoms with Crippen molar-refractivity contribution in [1.82, 2.24) is 4.98 Å². The van der Waals surface area contributed by atoms with Crippen LogP contribution in [0.5, 0.6) is 0 Å². The smallest absolute Gasteiger partial charge is 0.0874 e. The van der Waals surface area contributed by atoms with Crippen molar-refractivity contribution in [2.24, 2.45) is 0 Å². The van der Waals surface area contributed by atoms with Crippen molar-refractivity contribution < 1.29 is 5.11 Å². The molecular weight excluding hydrogens is 305 g/mol. The molecule has 0 aliphatic carbocycles. The van der Waals surface area contributed by atoms with Gasteiger partial charge in [-0.2, -0.15) is 0 Å². The van der Waals surface area contributed by atoms with Crippen LogP contribution < -0.4 is 0 Å². The molecule has 0 spiro atoms. The number of nitrogens with zero attached hydrogens (tertiary/aromatic N) is 1. The Hall–Kier alpha value is -1.61. The minimum Gasteiger partial charge on any atom is -0.388 e. The molecule has 0 aliphatic rings. The van der Waals surface area contributed by atoms with Gasteiger partial charge in [0.15, 0.2) is 0 Å². The number of aromatic nitrogens is 1. The number of halogens is 2. The molecule has 0 radical (unpaired) electrons. The third kappa shape index (κ3) is 3.03. The second-order valence-electron chi connectivity index (χ2n) is 4.85. The number of rotatable bonds is 3. The Labute approximate surface area is 133 Å². The van der Waals surface area contributed by atoms with Crippen molar-refractivity contribution in [3.63, 3.8) is 0 Å². The van der Waals surface area contributed by atoms with Crippen LogP contribution in [0.15, 0.2) is 54.6 Å². The van der Waals surface area contributed by atoms with Gasteiger partial charge in [0.05, 0.1) is 11.6 Å². The third-order valence-corrected chi connectivity index (χ3v) is 4.05. The molecule has 0 saturated carbocycles. The van der Waals surface area contributed by atoms with Gasteiger partial charge in [-0.15, -0.1) is 0 Å². The monoisotopic (exact) mass is 317 g/mol. The zero-order valence-electron chi connectivity index (χ0n) is 11.1. The second-order valence-corrected chi connectivity index (χ2v) is 5.66. The SMILES string of the molecule is O[C@H](Cc1ccc2ccccc2n1)c1c(Cl)cccc1Cl. The summed E-state index contributed by atoms with van der Waals surface area (Å²) in [6.45, 7) is 0. The predicted molar refractivity (Wildman–Crippen MR) is 86.9 cm³/mol. The number of hydrogen-bond donors (Lipinski definition) is 1. The van der Waals surface area contributed by atoms with E-state index in [9.17, 15) is 5.11 Å². The molecule has 4 heteroatoms. The highest BCUT2D eigenvalue weighted by molar-refractivity contribution is 6.36. The Kier molecular flexibility index (Phi) is 4.11. The van der Waals surface area contributed by atoms with Crippen LogP contribution in [-0.4, -0.2) is 10.1 Å². The Morgan fingerprint density at radius 1 is 0.905 bits per heavy atom. The lowest BCUT2D eigenvalue weighted by Crippen LogP contribution is -2.05. The largest absolute Gasteiger partial charge is 0.388 e. The van der Waals surface area contributed by atoms with Crippen LogP contribution in [0.4, 0.5) is 0 Å². The Balaban J connectivity index is 1.91. The van der Waals surface area contributed by atoms with Crippen LogP contribution in [0.1, 0.15) is 17.4 Å². The maximum atomic E-state index is 10.4. The molecule has 0 fully saturated rings. The third-order valence-electron chi connectivity index (χ3n) is 3.39. The lowest BCUT2D eigenvalue weighted by Gasteiger charge is -2.14. The first-order chi connectivity index (χ1) is 10.1. The van der Waals surface area contributed by atoms with Gasteiger partial charge >= 0.3 is 0 Å². The van der Waals surface area contributed by atoms with E-state index in [4.69, 9.17) is 23.2 Å². The minimum atomic E-state index is -0.778. The topological polar surface area (TPSA) is 33.1 Å². The van der Waals surface area contributed by atoms with E-state index in [-0.39, 0.29) is 0 Å². The normalized spacial score (nSPS) is 12.5. The van der Waals surface area contributed by atoms with Crippen LogP contribution >= 0.6 is 23.2 Å². The van der Waals surface area contributed by atoms with Gasteiger partial charge in [0.2, 0.25) is 0 Å². The summed E-state index contributed by atoms with van der Waals surface area (Å²) in [5.41, 5.74) is 2.26. The van der Waals surface area contributed by atoms with Gasteiger partial charge in [0.25, 0.3) is 0 Å². The number of fused-ring (bicyclic) bond motifs is 1. The molecule has 1 atom stereocenters. The molecule has 1 heterocycles. The van der Waals surface area contributed by atoms with Crippen molar-refractivity contribution in [2.45, 2.75) is 12.5 Å². The van der Waals surface area contributed by atoms with E-state index in [0.29, 0.717) is 22.0 Å². The molecule has 0 unspecified atom stereocenters. The van der Waals surface area contributed by atoms with Crippen molar-refractivity contribution in [1.29, 1.82) is 0 Å². The van der Waals surface area contributed by atoms with Gasteiger partial charge in [-0.05, 0) is 24.3 Å². The molecule has 1 aromatic heterocycles. The Morgan fingerprint density at radius 3 is 2.38 bits per heavy atom. The van der Waals surface area contributed by atoms with E-state index in [1.165, 1.54) is 0 Å². The number of pyridine rings is 1. The van der Waals surface area contributed by atoms with E-state index in [1.807, 2.05) is 36.4 Å². The fourth-order valence-corrected chi connectivity index (χ4v) is 3.00. The maximum Gasteiger partial charge on any atom is 0.0874 e. The van der Waals surface area contributed by atoms with Crippen LogP contribution in [0.2, 0.25) is 10.0 Å². The number of aliphatic hydroxyl groups excluding tert-OH is 1. The molecule has 2 nitrogen and oxygen atoms in total. The summed E-state index contributed by atoms with van der Waals surface area (Å²) in [6.07, 6.45) is -0.409. The van der Waals surface area contributed by atoms with Crippen molar-refractivity contribution >= 4 is 34.1 Å². The molecule has 3 aromatic rings. The van der Waals surface area contributed by atoms with Gasteiger partial charge in [0, 0.05) is 33.1 Å². The summed E-state index contributed by atoms with van der Waals surface area (Å²) in [5, 5.41) is 12.4. The number of para-hydroxylation sites is 1. The summed E-state index contributed by atoms with van der Waals surface area (Å²) in [5.74, 6) is 0. The van der Waals surface area contributed by atoms with Gasteiger partial charge in [-0.25, -0.2) is 0 Å². The van der Waals surface area contributed by atoms with E-state index < -0.39 is 6.10 Å². The highest BCUT2D eigenvalue weighted by Crippen LogP contribution is 2.32. The van der Waals surface area contributed by atoms with Crippen molar-refractivity contribution in [2.75, 3.05) is 0 Å². The summed E-state index contributed by atoms with van der Waals surface area (Å²) >= 11 is 12.2. The van der Waals surface area contributed by atoms with Crippen molar-refractivity contribution in [3.05, 3.63) is 75.9 Å². The molecule has 0 amide bonds. The zero-order chi connectivity index (χ0) is 14.8. The Morgan fingerprint density at radius 2 is 1.62 bits per heavy atom. The molecule has 21 heavy (non-hydrogen) atoms. The first-order valence-electron chi connectivity index (χ1n) is 6.62. The van der Waals surface area contributed by atoms with Gasteiger partial charge < -0.3 is 5.11 Å². The molecule has 0 saturated heterocycles. The molecule has 1 N–H and O–H groups in total. The quantitative estimate of drug-likeness (QED) is 0.751. The fourth-order valence-electron chi connectivity index (χ4n) is 2.35. The van der Waals surface area contributed by atoms with Crippen LogP contribution in [0, 0.1) is 0 Å². The molecule has 106 valence electrons. The average Bonchev–Trinajstić information content (AvgIpc) is 2.47. The predicted octanol–water partition coefficient (Wildman–Crippen LogP) is 4.82. The second kappa shape index (κ2) is 6.02. The summed E-state index contributed by atoms with van der Waals surface area (Å²) < 4.78 is 0. The standard InChI is InChI=1S/C17H13Cl2NO/c18-13-5-3-6-14(19)17(13)16(21)10-12-9-8-11-4-1-2-7-15(11)20-12/h1-9,16,21H,10H2/t16-/m1/s1. The van der Waals surface area contributed by atoms with Gasteiger partial charge in [-0.1, -0.05) is 53.5 Å². The zero-order valence-corrected chi connectivity index (χ0v) is 12.6. The summed E-state index contributed by atoms with van der Waals surface area (Å²) in [7, 11) is 0. The van der Waals surface area contributed by atoms with E-state index in [1.54, 1.807) is 18.2 Å². The lowest BCUT2D eigenvalue weighted by molar-refractivity contribution is 0.177. The van der Waals surface area contributed by atoms with Gasteiger partial charge in [0.1, 0.15) is 0 Å². The maximum absolute atomic E-state index is 10.4. The molecule has 2 aromatic carbocycles. The first-order valence-corrected chi connectivity index (χ1v) is 7.37. The van der Waals surface area contributed by atoms with E-state index in [2.05, 4.69) is 4.98 Å². The van der Waals surface area contributed by atoms with Crippen molar-refractivity contribution in [3.8, 4) is 0 Å². The molecule has 0 bridgehead atoms. The van der Waals surface area contributed by atoms with E-state index >= 15 is 0 Å².